The number of rotatable bonds is 9. The number of nitrogens with zero attached hydrogens (tertiary/aromatic N) is 4. The summed E-state index contributed by atoms with van der Waals surface area (Å²) in [6.45, 7) is 6.13. The van der Waals surface area contributed by atoms with Crippen molar-refractivity contribution in [3.8, 4) is 28.8 Å². The Labute approximate surface area is 221 Å². The minimum Gasteiger partial charge on any atom is -0.491 e. The van der Waals surface area contributed by atoms with Gasteiger partial charge in [0, 0.05) is 29.4 Å². The summed E-state index contributed by atoms with van der Waals surface area (Å²) >= 11 is 0. The normalized spacial score (nSPS) is 14.8. The van der Waals surface area contributed by atoms with Crippen LogP contribution in [0.4, 0.5) is 4.39 Å². The first-order chi connectivity index (χ1) is 18.4. The number of aromatic nitrogens is 2. The van der Waals surface area contributed by atoms with E-state index in [1.54, 1.807) is 36.0 Å². The number of ether oxygens (including phenoxy) is 1. The molecule has 2 heterocycles. The molecule has 1 aromatic heterocycles. The lowest BCUT2D eigenvalue weighted by Gasteiger charge is -2.27. The molecular weight excluding hydrogens is 483 g/mol. The minimum absolute atomic E-state index is 0.0626. The summed E-state index contributed by atoms with van der Waals surface area (Å²) < 4.78 is 22.0. The van der Waals surface area contributed by atoms with Gasteiger partial charge in [0.15, 0.2) is 11.6 Å². The Morgan fingerprint density at radius 3 is 2.50 bits per heavy atom. The van der Waals surface area contributed by atoms with Crippen molar-refractivity contribution < 1.29 is 18.7 Å². The molecule has 0 saturated heterocycles. The first-order valence-corrected chi connectivity index (χ1v) is 12.7. The zero-order chi connectivity index (χ0) is 27.2. The van der Waals surface area contributed by atoms with E-state index in [2.05, 4.69) is 0 Å². The SMILES string of the molecule is CCCCN1C(=O)C(C#N)=C(C)/C(=C\c2cn(-c3ccccc3)nc2-c2ccc(OCCC)c(F)c2)C1=O. The van der Waals surface area contributed by atoms with Gasteiger partial charge in [-0.2, -0.15) is 10.4 Å². The van der Waals surface area contributed by atoms with Crippen LogP contribution in [0.25, 0.3) is 23.0 Å². The molecule has 0 saturated carbocycles. The van der Waals surface area contributed by atoms with Gasteiger partial charge < -0.3 is 4.74 Å². The molecule has 2 amide bonds. The highest BCUT2D eigenvalue weighted by Gasteiger charge is 2.35. The van der Waals surface area contributed by atoms with Gasteiger partial charge in [-0.1, -0.05) is 38.5 Å². The summed E-state index contributed by atoms with van der Waals surface area (Å²) in [5, 5.41) is 14.4. The molecule has 0 spiro atoms. The molecule has 0 unspecified atom stereocenters. The standard InChI is InChI=1S/C30H29FN4O3/c1-4-6-14-34-29(36)24(20(3)25(18-32)30(34)37)16-22-19-35(23-10-8-7-9-11-23)33-28(22)21-12-13-27(26(31)17-21)38-15-5-2/h7-13,16-17,19H,4-6,14-15H2,1-3H3/b24-16+. The molecule has 8 heteroatoms. The number of hydrogen-bond acceptors (Lipinski definition) is 5. The van der Waals surface area contributed by atoms with E-state index in [1.807, 2.05) is 50.2 Å². The third-order valence-electron chi connectivity index (χ3n) is 6.29. The lowest BCUT2D eigenvalue weighted by Crippen LogP contribution is -2.43. The van der Waals surface area contributed by atoms with Gasteiger partial charge in [0.2, 0.25) is 0 Å². The molecule has 0 radical (unpaired) electrons. The summed E-state index contributed by atoms with van der Waals surface area (Å²) in [5.74, 6) is -1.40. The summed E-state index contributed by atoms with van der Waals surface area (Å²) in [4.78, 5) is 27.4. The van der Waals surface area contributed by atoms with Crippen LogP contribution in [-0.2, 0) is 9.59 Å². The number of nitriles is 1. The van der Waals surface area contributed by atoms with E-state index >= 15 is 0 Å². The zero-order valence-corrected chi connectivity index (χ0v) is 21.7. The van der Waals surface area contributed by atoms with Crippen molar-refractivity contribution >= 4 is 17.9 Å². The fourth-order valence-electron chi connectivity index (χ4n) is 4.21. The number of carbonyl (C=O) groups is 2. The molecule has 2 aromatic carbocycles. The van der Waals surface area contributed by atoms with Gasteiger partial charge in [0.25, 0.3) is 11.8 Å². The number of halogens is 1. The van der Waals surface area contributed by atoms with Crippen LogP contribution in [-0.4, -0.2) is 39.6 Å². The van der Waals surface area contributed by atoms with E-state index in [-0.39, 0.29) is 23.4 Å². The Bertz CT molecular complexity index is 1460. The van der Waals surface area contributed by atoms with Crippen molar-refractivity contribution in [2.24, 2.45) is 0 Å². The van der Waals surface area contributed by atoms with Crippen LogP contribution in [0.5, 0.6) is 5.75 Å². The van der Waals surface area contributed by atoms with Gasteiger partial charge in [-0.25, -0.2) is 9.07 Å². The number of benzene rings is 2. The molecule has 0 bridgehead atoms. The van der Waals surface area contributed by atoms with Crippen LogP contribution in [0.15, 0.2) is 71.4 Å². The second-order valence-electron chi connectivity index (χ2n) is 8.99. The first kappa shape index (κ1) is 26.6. The minimum atomic E-state index is -0.578. The maximum Gasteiger partial charge on any atom is 0.271 e. The number of para-hydroxylation sites is 1. The van der Waals surface area contributed by atoms with Crippen molar-refractivity contribution in [2.45, 2.75) is 40.0 Å². The fraction of sp³-hybridized carbons (Fsp3) is 0.267. The monoisotopic (exact) mass is 512 g/mol. The summed E-state index contributed by atoms with van der Waals surface area (Å²) in [7, 11) is 0. The molecule has 0 aliphatic carbocycles. The second-order valence-corrected chi connectivity index (χ2v) is 8.99. The second kappa shape index (κ2) is 11.7. The molecule has 0 fully saturated rings. The van der Waals surface area contributed by atoms with Crippen molar-refractivity contribution in [1.29, 1.82) is 5.26 Å². The Morgan fingerprint density at radius 1 is 1.08 bits per heavy atom. The number of carbonyl (C=O) groups excluding carboxylic acids is 2. The largest absolute Gasteiger partial charge is 0.491 e. The van der Waals surface area contributed by atoms with Crippen molar-refractivity contribution in [2.75, 3.05) is 13.2 Å². The maximum atomic E-state index is 14.9. The van der Waals surface area contributed by atoms with E-state index in [9.17, 15) is 19.2 Å². The van der Waals surface area contributed by atoms with Gasteiger partial charge >= 0.3 is 0 Å². The van der Waals surface area contributed by atoms with E-state index in [0.717, 1.165) is 23.4 Å². The quantitative estimate of drug-likeness (QED) is 0.265. The predicted molar refractivity (Wildman–Crippen MR) is 143 cm³/mol. The van der Waals surface area contributed by atoms with Gasteiger partial charge in [-0.3, -0.25) is 14.5 Å². The van der Waals surface area contributed by atoms with Gasteiger partial charge in [-0.05, 0) is 61.7 Å². The Morgan fingerprint density at radius 2 is 1.84 bits per heavy atom. The Balaban J connectivity index is 1.87. The van der Waals surface area contributed by atoms with E-state index in [4.69, 9.17) is 9.84 Å². The predicted octanol–water partition coefficient (Wildman–Crippen LogP) is 5.86. The van der Waals surface area contributed by atoms with Crippen LogP contribution >= 0.6 is 0 Å². The van der Waals surface area contributed by atoms with E-state index in [0.29, 0.717) is 35.4 Å². The molecule has 4 rings (SSSR count). The van der Waals surface area contributed by atoms with Crippen LogP contribution in [0, 0.1) is 17.1 Å². The highest BCUT2D eigenvalue weighted by atomic mass is 19.1. The first-order valence-electron chi connectivity index (χ1n) is 12.7. The zero-order valence-electron chi connectivity index (χ0n) is 21.7. The molecule has 38 heavy (non-hydrogen) atoms. The molecule has 7 nitrogen and oxygen atoms in total. The molecule has 0 N–H and O–H groups in total. The number of unbranched alkanes of at least 4 members (excludes halogenated alkanes) is 1. The van der Waals surface area contributed by atoms with Crippen LogP contribution in [0.2, 0.25) is 0 Å². The Kier molecular flexibility index (Phi) is 8.17. The molecule has 1 aliphatic heterocycles. The van der Waals surface area contributed by atoms with Crippen molar-refractivity contribution in [1.82, 2.24) is 14.7 Å². The molecule has 194 valence electrons. The summed E-state index contributed by atoms with van der Waals surface area (Å²) in [5.41, 5.74) is 2.74. The highest BCUT2D eigenvalue weighted by Crippen LogP contribution is 2.32. The van der Waals surface area contributed by atoms with E-state index < -0.39 is 17.6 Å². The average molecular weight is 513 g/mol. The van der Waals surface area contributed by atoms with Crippen molar-refractivity contribution in [3.05, 3.63) is 82.8 Å². The van der Waals surface area contributed by atoms with Gasteiger partial charge in [0.1, 0.15) is 17.3 Å². The lowest BCUT2D eigenvalue weighted by molar-refractivity contribution is -0.140. The van der Waals surface area contributed by atoms with Gasteiger partial charge in [0.05, 0.1) is 12.3 Å². The highest BCUT2D eigenvalue weighted by molar-refractivity contribution is 6.19. The summed E-state index contributed by atoms with van der Waals surface area (Å²) in [6, 6.07) is 16.0. The lowest BCUT2D eigenvalue weighted by atomic mass is 9.93. The van der Waals surface area contributed by atoms with Crippen LogP contribution in [0.1, 0.15) is 45.6 Å². The third-order valence-corrected chi connectivity index (χ3v) is 6.29. The number of hydrogen-bond donors (Lipinski definition) is 0. The smallest absolute Gasteiger partial charge is 0.271 e. The maximum absolute atomic E-state index is 14.9. The number of imide groups is 1. The average Bonchev–Trinajstić information content (AvgIpc) is 3.35. The van der Waals surface area contributed by atoms with E-state index in [1.165, 1.54) is 6.07 Å². The number of amides is 2. The topological polar surface area (TPSA) is 88.2 Å². The van der Waals surface area contributed by atoms with Crippen molar-refractivity contribution in [3.63, 3.8) is 0 Å². The molecule has 0 atom stereocenters. The van der Waals surface area contributed by atoms with Crippen LogP contribution < -0.4 is 4.74 Å². The third kappa shape index (κ3) is 5.28. The van der Waals surface area contributed by atoms with Crippen LogP contribution in [0.3, 0.4) is 0 Å². The fourth-order valence-corrected chi connectivity index (χ4v) is 4.21. The Hall–Kier alpha value is -4.51. The summed E-state index contributed by atoms with van der Waals surface area (Å²) in [6.07, 6.45) is 5.55. The van der Waals surface area contributed by atoms with Gasteiger partial charge in [-0.15, -0.1) is 0 Å². The molecular formula is C30H29FN4O3. The molecule has 1 aliphatic rings. The molecule has 3 aromatic rings.